The summed E-state index contributed by atoms with van der Waals surface area (Å²) in [5.74, 6) is 0.477. The zero-order chi connectivity index (χ0) is 17.6. The number of amides is 2. The maximum absolute atomic E-state index is 12.7. The van der Waals surface area contributed by atoms with Crippen LogP contribution in [0.4, 0.5) is 10.5 Å². The van der Waals surface area contributed by atoms with Crippen LogP contribution in [0.25, 0.3) is 0 Å². The molecule has 2 aromatic rings. The van der Waals surface area contributed by atoms with E-state index < -0.39 is 0 Å². The van der Waals surface area contributed by atoms with Crippen LogP contribution in [0.3, 0.4) is 0 Å². The van der Waals surface area contributed by atoms with Gasteiger partial charge in [0.2, 0.25) is 0 Å². The van der Waals surface area contributed by atoms with E-state index in [0.29, 0.717) is 35.4 Å². The van der Waals surface area contributed by atoms with Gasteiger partial charge in [-0.15, -0.1) is 0 Å². The third-order valence-corrected chi connectivity index (χ3v) is 5.49. The van der Waals surface area contributed by atoms with Crippen molar-refractivity contribution >= 4 is 34.9 Å². The van der Waals surface area contributed by atoms with Crippen LogP contribution in [0, 0.1) is 5.92 Å². The number of nitrogens with one attached hydrogen (secondary N) is 1. The molecule has 3 heterocycles. The number of carbonyl (C=O) groups excluding carboxylic acids is 1. The van der Waals surface area contributed by atoms with Crippen molar-refractivity contribution in [2.75, 3.05) is 18.4 Å². The fourth-order valence-electron chi connectivity index (χ4n) is 3.85. The van der Waals surface area contributed by atoms with Crippen molar-refractivity contribution in [3.63, 3.8) is 0 Å². The number of fused-ring (bicyclic) bond motifs is 4. The van der Waals surface area contributed by atoms with E-state index in [0.717, 1.165) is 12.1 Å². The lowest BCUT2D eigenvalue weighted by atomic mass is 9.83. The standard InChI is InChI=1S/C18H17Cl2N3O2/c19-13-4-5-15(14(20)7-13)21-18(25)22-8-11-6-12(10-22)16-2-1-3-17(24)23(16)9-11/h1-5,7,11-12H,6,8-10H2,(H,21,25)/t11-,12+/m0/s1. The molecule has 5 nitrogen and oxygen atoms in total. The third-order valence-electron chi connectivity index (χ3n) is 4.94. The first kappa shape index (κ1) is 16.5. The van der Waals surface area contributed by atoms with Gasteiger partial charge in [0.05, 0.1) is 10.7 Å². The maximum Gasteiger partial charge on any atom is 0.321 e. The van der Waals surface area contributed by atoms with Gasteiger partial charge in [0.1, 0.15) is 0 Å². The van der Waals surface area contributed by atoms with Crippen molar-refractivity contribution in [3.05, 3.63) is 62.5 Å². The molecular formula is C18H17Cl2N3O2. The molecule has 1 N–H and O–H groups in total. The molecule has 1 saturated heterocycles. The summed E-state index contributed by atoms with van der Waals surface area (Å²) < 4.78 is 1.85. The second-order valence-corrected chi connectivity index (χ2v) is 7.50. The third kappa shape index (κ3) is 3.14. The summed E-state index contributed by atoms with van der Waals surface area (Å²) in [5, 5.41) is 3.80. The smallest absolute Gasteiger partial charge is 0.321 e. The molecule has 2 bridgehead atoms. The molecule has 0 radical (unpaired) electrons. The molecule has 2 aliphatic heterocycles. The number of rotatable bonds is 1. The van der Waals surface area contributed by atoms with E-state index in [-0.39, 0.29) is 23.4 Å². The Labute approximate surface area is 155 Å². The highest BCUT2D eigenvalue weighted by molar-refractivity contribution is 6.36. The Kier molecular flexibility index (Phi) is 4.21. The average molecular weight is 378 g/mol. The van der Waals surface area contributed by atoms with Gasteiger partial charge in [-0.05, 0) is 36.6 Å². The lowest BCUT2D eigenvalue weighted by molar-refractivity contribution is 0.139. The monoisotopic (exact) mass is 377 g/mol. The van der Waals surface area contributed by atoms with Crippen molar-refractivity contribution in [1.29, 1.82) is 0 Å². The largest absolute Gasteiger partial charge is 0.324 e. The first-order valence-corrected chi connectivity index (χ1v) is 8.97. The highest BCUT2D eigenvalue weighted by Gasteiger charge is 2.36. The van der Waals surface area contributed by atoms with Gasteiger partial charge >= 0.3 is 6.03 Å². The number of carbonyl (C=O) groups is 1. The molecule has 0 saturated carbocycles. The molecule has 1 aromatic heterocycles. The Morgan fingerprint density at radius 3 is 2.76 bits per heavy atom. The van der Waals surface area contributed by atoms with Gasteiger partial charge < -0.3 is 14.8 Å². The Balaban J connectivity index is 1.54. The van der Waals surface area contributed by atoms with Crippen LogP contribution < -0.4 is 10.9 Å². The number of aromatic nitrogens is 1. The number of likely N-dealkylation sites (tertiary alicyclic amines) is 1. The van der Waals surface area contributed by atoms with Crippen molar-refractivity contribution in [2.45, 2.75) is 18.9 Å². The SMILES string of the molecule is O=C(Nc1ccc(Cl)cc1Cl)N1C[C@@H]2C[C@H](C1)c1cccc(=O)n1C2. The average Bonchev–Trinajstić information content (AvgIpc) is 2.58. The highest BCUT2D eigenvalue weighted by atomic mass is 35.5. The number of hydrogen-bond donors (Lipinski definition) is 1. The lowest BCUT2D eigenvalue weighted by Gasteiger charge is -2.42. The van der Waals surface area contributed by atoms with E-state index in [4.69, 9.17) is 23.2 Å². The number of halogens is 2. The van der Waals surface area contributed by atoms with Gasteiger partial charge in [0, 0.05) is 42.3 Å². The molecule has 4 rings (SSSR count). The van der Waals surface area contributed by atoms with Gasteiger partial charge in [0.15, 0.2) is 0 Å². The van der Waals surface area contributed by atoms with E-state index in [2.05, 4.69) is 5.32 Å². The number of pyridine rings is 1. The molecule has 1 fully saturated rings. The zero-order valence-electron chi connectivity index (χ0n) is 13.4. The summed E-state index contributed by atoms with van der Waals surface area (Å²) in [5.41, 5.74) is 1.60. The fourth-order valence-corrected chi connectivity index (χ4v) is 4.30. The molecule has 25 heavy (non-hydrogen) atoms. The molecule has 7 heteroatoms. The first-order valence-electron chi connectivity index (χ1n) is 8.22. The molecular weight excluding hydrogens is 361 g/mol. The van der Waals surface area contributed by atoms with Gasteiger partial charge in [0.25, 0.3) is 5.56 Å². The normalized spacial score (nSPS) is 21.6. The van der Waals surface area contributed by atoms with Crippen LogP contribution >= 0.6 is 23.2 Å². The highest BCUT2D eigenvalue weighted by Crippen LogP contribution is 2.35. The minimum absolute atomic E-state index is 0.0399. The van der Waals surface area contributed by atoms with E-state index >= 15 is 0 Å². The van der Waals surface area contributed by atoms with Crippen LogP contribution in [-0.2, 0) is 6.54 Å². The second-order valence-electron chi connectivity index (χ2n) is 6.66. The zero-order valence-corrected chi connectivity index (χ0v) is 14.9. The van der Waals surface area contributed by atoms with Crippen LogP contribution in [0.5, 0.6) is 0 Å². The number of nitrogens with zero attached hydrogens (tertiary/aromatic N) is 2. The van der Waals surface area contributed by atoms with E-state index in [1.807, 2.05) is 15.5 Å². The Morgan fingerprint density at radius 1 is 1.12 bits per heavy atom. The molecule has 2 atom stereocenters. The molecule has 130 valence electrons. The van der Waals surface area contributed by atoms with E-state index in [1.54, 1.807) is 30.3 Å². The topological polar surface area (TPSA) is 54.3 Å². The number of hydrogen-bond acceptors (Lipinski definition) is 2. The number of urea groups is 1. The van der Waals surface area contributed by atoms with Crippen molar-refractivity contribution < 1.29 is 4.79 Å². The van der Waals surface area contributed by atoms with Crippen LogP contribution in [0.2, 0.25) is 10.0 Å². The fraction of sp³-hybridized carbons (Fsp3) is 0.333. The van der Waals surface area contributed by atoms with Gasteiger partial charge in [-0.1, -0.05) is 29.3 Å². The van der Waals surface area contributed by atoms with Crippen molar-refractivity contribution in [3.8, 4) is 0 Å². The number of piperidine rings is 1. The van der Waals surface area contributed by atoms with Crippen molar-refractivity contribution in [1.82, 2.24) is 9.47 Å². The predicted molar refractivity (Wildman–Crippen MR) is 98.6 cm³/mol. The van der Waals surface area contributed by atoms with E-state index in [1.165, 1.54) is 0 Å². The van der Waals surface area contributed by atoms with Crippen LogP contribution in [0.1, 0.15) is 18.0 Å². The molecule has 1 aromatic carbocycles. The molecule has 2 aliphatic rings. The molecule has 0 spiro atoms. The van der Waals surface area contributed by atoms with Gasteiger partial charge in [-0.25, -0.2) is 4.79 Å². The minimum Gasteiger partial charge on any atom is -0.324 e. The summed E-state index contributed by atoms with van der Waals surface area (Å²) >= 11 is 12.0. The van der Waals surface area contributed by atoms with Gasteiger partial charge in [-0.2, -0.15) is 0 Å². The summed E-state index contributed by atoms with van der Waals surface area (Å²) in [4.78, 5) is 26.5. The summed E-state index contributed by atoms with van der Waals surface area (Å²) in [6, 6.07) is 10.2. The Hall–Kier alpha value is -1.98. The molecule has 0 aliphatic carbocycles. The van der Waals surface area contributed by atoms with E-state index in [9.17, 15) is 9.59 Å². The van der Waals surface area contributed by atoms with Crippen molar-refractivity contribution in [2.24, 2.45) is 5.92 Å². The van der Waals surface area contributed by atoms with Crippen LogP contribution in [-0.4, -0.2) is 28.6 Å². The molecule has 2 amide bonds. The van der Waals surface area contributed by atoms with Gasteiger partial charge in [-0.3, -0.25) is 4.79 Å². The lowest BCUT2D eigenvalue weighted by Crippen LogP contribution is -2.50. The second kappa shape index (κ2) is 6.39. The number of anilines is 1. The Bertz CT molecular complexity index is 896. The molecule has 0 unspecified atom stereocenters. The summed E-state index contributed by atoms with van der Waals surface area (Å²) in [6.45, 7) is 1.89. The predicted octanol–water partition coefficient (Wildman–Crippen LogP) is 3.81. The maximum atomic E-state index is 12.7. The first-order chi connectivity index (χ1) is 12.0. The minimum atomic E-state index is -0.175. The Morgan fingerprint density at radius 2 is 1.96 bits per heavy atom. The number of benzene rings is 1. The summed E-state index contributed by atoms with van der Waals surface area (Å²) in [7, 11) is 0. The quantitative estimate of drug-likeness (QED) is 0.821. The van der Waals surface area contributed by atoms with Crippen LogP contribution in [0.15, 0.2) is 41.2 Å². The summed E-state index contributed by atoms with van der Waals surface area (Å²) in [6.07, 6.45) is 1.01.